The van der Waals surface area contributed by atoms with Gasteiger partial charge < -0.3 is 14.9 Å². The van der Waals surface area contributed by atoms with Gasteiger partial charge in [-0.1, -0.05) is 24.8 Å². The lowest BCUT2D eigenvalue weighted by Gasteiger charge is -2.22. The summed E-state index contributed by atoms with van der Waals surface area (Å²) < 4.78 is 5.25. The largest absolute Gasteiger partial charge is 0.463 e. The molecule has 0 fully saturated rings. The molecule has 0 spiro atoms. The Hall–Kier alpha value is -1.78. The maximum atomic E-state index is 12.2. The van der Waals surface area contributed by atoms with E-state index >= 15 is 0 Å². The van der Waals surface area contributed by atoms with Gasteiger partial charge in [0.25, 0.3) is 0 Å². The molecular weight excluding hydrogens is 410 g/mol. The number of carbonyl (C=O) groups excluding carboxylic acids is 3. The first-order chi connectivity index (χ1) is 12.5. The van der Waals surface area contributed by atoms with Crippen molar-refractivity contribution in [2.45, 2.75) is 45.1 Å². The van der Waals surface area contributed by atoms with Gasteiger partial charge in [0.05, 0.1) is 6.61 Å². The lowest BCUT2D eigenvalue weighted by Crippen LogP contribution is -2.36. The number of aldehydes is 1. The van der Waals surface area contributed by atoms with E-state index in [2.05, 4.69) is 35.1 Å². The third-order valence-corrected chi connectivity index (χ3v) is 5.90. The third-order valence-electron chi connectivity index (χ3n) is 3.19. The van der Waals surface area contributed by atoms with E-state index in [1.54, 1.807) is 0 Å². The monoisotopic (exact) mass is 433 g/mol. The Morgan fingerprint density at radius 1 is 1.41 bits per heavy atom. The van der Waals surface area contributed by atoms with Gasteiger partial charge in [0, 0.05) is 13.5 Å². The third kappa shape index (κ3) is 8.18. The van der Waals surface area contributed by atoms with E-state index in [0.717, 1.165) is 17.4 Å². The van der Waals surface area contributed by atoms with Crippen LogP contribution < -0.4 is 5.32 Å². The number of nitrogens with zero attached hydrogens (tertiary/aromatic N) is 2. The van der Waals surface area contributed by atoms with Gasteiger partial charge in [-0.2, -0.15) is 0 Å². The van der Waals surface area contributed by atoms with Gasteiger partial charge in [-0.05, 0) is 19.9 Å². The fourth-order valence-corrected chi connectivity index (χ4v) is 3.06. The van der Waals surface area contributed by atoms with Crippen LogP contribution in [-0.2, 0) is 24.0 Å². The van der Waals surface area contributed by atoms with Crippen molar-refractivity contribution in [1.82, 2.24) is 4.98 Å². The molecule has 27 heavy (non-hydrogen) atoms. The Kier molecular flexibility index (Phi) is 8.57. The Bertz CT molecular complexity index is 715. The molecule has 11 heteroatoms. The van der Waals surface area contributed by atoms with Crippen LogP contribution in [0.5, 0.6) is 0 Å². The summed E-state index contributed by atoms with van der Waals surface area (Å²) in [5.74, 6) is -1.19. The fraction of sp³-hybridized carbons (Fsp3) is 0.562. The molecule has 0 radical (unpaired) electrons. The molecule has 150 valence electrons. The molecule has 0 saturated carbocycles. The summed E-state index contributed by atoms with van der Waals surface area (Å²) in [5, 5.41) is 8.01. The van der Waals surface area contributed by atoms with E-state index in [9.17, 15) is 14.4 Å². The highest BCUT2D eigenvalue weighted by molar-refractivity contribution is 7.14. The van der Waals surface area contributed by atoms with Crippen LogP contribution in [0, 0.1) is 0 Å². The minimum absolute atomic E-state index is 0.111. The van der Waals surface area contributed by atoms with E-state index in [4.69, 9.17) is 21.2 Å². The number of alkyl halides is 1. The van der Waals surface area contributed by atoms with Crippen LogP contribution in [0.4, 0.5) is 5.13 Å². The second-order valence-corrected chi connectivity index (χ2v) is 14.1. The first-order valence-electron chi connectivity index (χ1n) is 8.19. The zero-order chi connectivity index (χ0) is 20.7. The van der Waals surface area contributed by atoms with Crippen molar-refractivity contribution in [3.8, 4) is 0 Å². The van der Waals surface area contributed by atoms with E-state index in [1.165, 1.54) is 19.2 Å². The quantitative estimate of drug-likeness (QED) is 0.152. The van der Waals surface area contributed by atoms with E-state index in [0.29, 0.717) is 12.9 Å². The van der Waals surface area contributed by atoms with E-state index in [-0.39, 0.29) is 22.4 Å². The van der Waals surface area contributed by atoms with E-state index in [1.807, 2.05) is 0 Å². The predicted molar refractivity (Wildman–Crippen MR) is 108 cm³/mol. The Labute approximate surface area is 168 Å². The molecular formula is C16H24ClN3O5SSi. The molecule has 1 rings (SSSR count). The molecule has 1 amide bonds. The Balaban J connectivity index is 2.74. The maximum absolute atomic E-state index is 12.2. The maximum Gasteiger partial charge on any atom is 0.352 e. The molecule has 0 aliphatic carbocycles. The molecule has 0 unspecified atom stereocenters. The molecule has 1 heterocycles. The van der Waals surface area contributed by atoms with Gasteiger partial charge in [-0.25, -0.2) is 9.78 Å². The number of carbonyl (C=O) groups is 3. The molecule has 0 atom stereocenters. The normalized spacial score (nSPS) is 12.4. The molecule has 0 bridgehead atoms. The zero-order valence-electron chi connectivity index (χ0n) is 16.0. The van der Waals surface area contributed by atoms with Crippen molar-refractivity contribution >= 4 is 60.0 Å². The summed E-state index contributed by atoms with van der Waals surface area (Å²) in [6.07, 6.45) is 0.453. The van der Waals surface area contributed by atoms with Gasteiger partial charge in [-0.15, -0.1) is 22.9 Å². The van der Waals surface area contributed by atoms with Crippen molar-refractivity contribution < 1.29 is 24.0 Å². The minimum atomic E-state index is -1.36. The average molecular weight is 434 g/mol. The van der Waals surface area contributed by atoms with E-state index < -0.39 is 25.6 Å². The average Bonchev–Trinajstić information content (AvgIpc) is 3.02. The summed E-state index contributed by atoms with van der Waals surface area (Å²) in [5.41, 5.74) is -1.26. The molecule has 1 aromatic heterocycles. The SMILES string of the molecule is CC(C)(O/N=C(/C=O)c1csc(NC(=O)CCl)n1)C(=O)OCC[Si](C)(C)C. The molecule has 0 aromatic carbocycles. The molecule has 0 aliphatic rings. The number of rotatable bonds is 10. The lowest BCUT2D eigenvalue weighted by atomic mass is 10.1. The number of aromatic nitrogens is 1. The Morgan fingerprint density at radius 2 is 2.07 bits per heavy atom. The van der Waals surface area contributed by atoms with Crippen molar-refractivity contribution in [3.05, 3.63) is 11.1 Å². The molecule has 0 aliphatic heterocycles. The summed E-state index contributed by atoms with van der Waals surface area (Å²) in [7, 11) is -1.32. The van der Waals surface area contributed by atoms with Crippen LogP contribution in [0.1, 0.15) is 19.5 Å². The first kappa shape index (κ1) is 23.3. The number of esters is 1. The van der Waals surface area contributed by atoms with Gasteiger partial charge in [0.1, 0.15) is 11.6 Å². The van der Waals surface area contributed by atoms with Crippen LogP contribution in [0.2, 0.25) is 25.7 Å². The summed E-state index contributed by atoms with van der Waals surface area (Å²) >= 11 is 6.52. The van der Waals surface area contributed by atoms with Gasteiger partial charge in [0.2, 0.25) is 11.5 Å². The summed E-state index contributed by atoms with van der Waals surface area (Å²) in [6.45, 7) is 9.87. The molecule has 1 N–H and O–H groups in total. The van der Waals surface area contributed by atoms with Gasteiger partial charge in [0.15, 0.2) is 17.1 Å². The fourth-order valence-electron chi connectivity index (χ4n) is 1.55. The summed E-state index contributed by atoms with van der Waals surface area (Å²) in [6, 6.07) is 0.841. The second kappa shape index (κ2) is 9.95. The second-order valence-electron chi connectivity index (χ2n) is 7.36. The number of thiazole rings is 1. The van der Waals surface area contributed by atoms with Gasteiger partial charge in [-0.3, -0.25) is 9.59 Å². The van der Waals surface area contributed by atoms with Crippen molar-refractivity contribution in [2.75, 3.05) is 17.8 Å². The zero-order valence-corrected chi connectivity index (χ0v) is 18.6. The Morgan fingerprint density at radius 3 is 2.63 bits per heavy atom. The highest BCUT2D eigenvalue weighted by Gasteiger charge is 2.33. The first-order valence-corrected chi connectivity index (χ1v) is 13.3. The highest BCUT2D eigenvalue weighted by Crippen LogP contribution is 2.18. The van der Waals surface area contributed by atoms with Crippen LogP contribution >= 0.6 is 22.9 Å². The smallest absolute Gasteiger partial charge is 0.352 e. The number of amides is 1. The van der Waals surface area contributed by atoms with Crippen molar-refractivity contribution in [3.63, 3.8) is 0 Å². The number of oxime groups is 1. The molecule has 8 nitrogen and oxygen atoms in total. The highest BCUT2D eigenvalue weighted by atomic mass is 35.5. The number of nitrogens with one attached hydrogen (secondary N) is 1. The van der Waals surface area contributed by atoms with Crippen LogP contribution in [0.3, 0.4) is 0 Å². The lowest BCUT2D eigenvalue weighted by molar-refractivity contribution is -0.167. The number of anilines is 1. The predicted octanol–water partition coefficient (Wildman–Crippen LogP) is 2.90. The standard InChI is InChI=1S/C16H24ClN3O5SSi/c1-16(2,14(23)24-6-7-27(3,4)5)25-20-11(9-21)12-10-26-15(18-12)19-13(22)8-17/h9-10H,6-8H2,1-5H3,(H,18,19,22)/b20-11-. The number of halogens is 1. The topological polar surface area (TPSA) is 107 Å². The number of ether oxygens (including phenoxy) is 1. The van der Waals surface area contributed by atoms with Gasteiger partial charge >= 0.3 is 5.97 Å². The number of hydrogen-bond acceptors (Lipinski definition) is 8. The minimum Gasteiger partial charge on any atom is -0.463 e. The van der Waals surface area contributed by atoms with Crippen LogP contribution in [0.25, 0.3) is 0 Å². The van der Waals surface area contributed by atoms with Crippen LogP contribution in [-0.4, -0.2) is 55.0 Å². The molecule has 1 aromatic rings. The van der Waals surface area contributed by atoms with Crippen LogP contribution in [0.15, 0.2) is 10.5 Å². The number of hydrogen-bond donors (Lipinski definition) is 1. The summed E-state index contributed by atoms with van der Waals surface area (Å²) in [4.78, 5) is 44.0. The van der Waals surface area contributed by atoms with Crippen molar-refractivity contribution in [2.24, 2.45) is 5.16 Å². The van der Waals surface area contributed by atoms with Crippen molar-refractivity contribution in [1.29, 1.82) is 0 Å². The molecule has 0 saturated heterocycles.